The van der Waals surface area contributed by atoms with E-state index in [0.717, 1.165) is 25.2 Å². The fraction of sp³-hybridized carbons (Fsp3) is 0.977. The van der Waals surface area contributed by atoms with Crippen LogP contribution in [0.3, 0.4) is 0 Å². The van der Waals surface area contributed by atoms with Crippen LogP contribution in [0.15, 0.2) is 0 Å². The normalized spacial score (nSPS) is 11.8. The van der Waals surface area contributed by atoms with Crippen LogP contribution in [0.2, 0.25) is 0 Å². The first kappa shape index (κ1) is 47.5. The first-order valence-corrected chi connectivity index (χ1v) is 21.4. The number of unbranched alkanes of at least 4 members (excludes halogenated alkanes) is 32. The highest BCUT2D eigenvalue weighted by Gasteiger charge is 1.99. The number of aliphatic hydroxyl groups is 1. The van der Waals surface area contributed by atoms with Crippen molar-refractivity contribution in [2.45, 2.75) is 258 Å². The highest BCUT2D eigenvalue weighted by atomic mass is 16.4. The molecule has 0 fully saturated rings. The molecule has 3 nitrogen and oxygen atoms in total. The molecule has 1 unspecified atom stereocenters. The monoisotopic (exact) mass is 653 g/mol. The summed E-state index contributed by atoms with van der Waals surface area (Å²) in [5.41, 5.74) is 0. The Labute approximate surface area is 291 Å². The Balaban J connectivity index is 0. The van der Waals surface area contributed by atoms with Crippen molar-refractivity contribution in [1.29, 1.82) is 0 Å². The van der Waals surface area contributed by atoms with Crippen molar-refractivity contribution in [3.05, 3.63) is 0 Å². The number of aliphatic carboxylic acids is 1. The average Bonchev–Trinajstić information content (AvgIpc) is 3.05. The van der Waals surface area contributed by atoms with Gasteiger partial charge in [0.15, 0.2) is 0 Å². The first-order valence-electron chi connectivity index (χ1n) is 21.4. The number of hydrogen-bond acceptors (Lipinski definition) is 2. The predicted octanol–water partition coefficient (Wildman–Crippen LogP) is 15.2. The second-order valence-corrected chi connectivity index (χ2v) is 14.8. The molecule has 46 heavy (non-hydrogen) atoms. The number of carbonyl (C=O) groups is 1. The van der Waals surface area contributed by atoms with Gasteiger partial charge in [0.05, 0.1) is 0 Å². The van der Waals surface area contributed by atoms with Gasteiger partial charge in [-0.1, -0.05) is 239 Å². The topological polar surface area (TPSA) is 57.5 Å². The summed E-state index contributed by atoms with van der Waals surface area (Å²) >= 11 is 0. The van der Waals surface area contributed by atoms with E-state index in [-0.39, 0.29) is 0 Å². The van der Waals surface area contributed by atoms with Crippen LogP contribution in [0.5, 0.6) is 0 Å². The SMILES string of the molecule is CCC(C)CCCCCCCCCCCCCCCCCCCCCCCCCCCO.CCCCCCCCCCCC(=O)O. The fourth-order valence-corrected chi connectivity index (χ4v) is 6.46. The summed E-state index contributed by atoms with van der Waals surface area (Å²) in [7, 11) is 0. The minimum atomic E-state index is -0.659. The number of rotatable bonds is 38. The molecule has 2 N–H and O–H groups in total. The van der Waals surface area contributed by atoms with Crippen molar-refractivity contribution in [2.75, 3.05) is 6.61 Å². The van der Waals surface area contributed by atoms with Crippen LogP contribution >= 0.6 is 0 Å². The average molecular weight is 653 g/mol. The third-order valence-electron chi connectivity index (χ3n) is 10.0. The zero-order chi connectivity index (χ0) is 34.0. The number of aliphatic hydroxyl groups excluding tert-OH is 1. The summed E-state index contributed by atoms with van der Waals surface area (Å²) in [6.45, 7) is 7.32. The van der Waals surface area contributed by atoms with Crippen molar-refractivity contribution in [1.82, 2.24) is 0 Å². The molecule has 0 rings (SSSR count). The summed E-state index contributed by atoms with van der Waals surface area (Å²) in [6, 6.07) is 0. The molecule has 0 aromatic heterocycles. The second kappa shape index (κ2) is 44.4. The number of hydrogen-bond donors (Lipinski definition) is 2. The molecular formula is C43H88O3. The molecule has 0 bridgehead atoms. The molecule has 0 heterocycles. The molecule has 0 amide bonds. The number of carboxylic acid groups (broad SMARTS) is 1. The third-order valence-corrected chi connectivity index (χ3v) is 10.0. The molecule has 0 saturated carbocycles. The molecule has 0 aromatic rings. The summed E-state index contributed by atoms with van der Waals surface area (Å²) in [6.07, 6.45) is 50.0. The molecule has 0 aliphatic carbocycles. The van der Waals surface area contributed by atoms with Gasteiger partial charge in [-0.3, -0.25) is 4.79 Å². The maximum atomic E-state index is 10.2. The zero-order valence-corrected chi connectivity index (χ0v) is 32.3. The smallest absolute Gasteiger partial charge is 0.303 e. The second-order valence-electron chi connectivity index (χ2n) is 14.8. The van der Waals surface area contributed by atoms with E-state index in [0.29, 0.717) is 13.0 Å². The van der Waals surface area contributed by atoms with Gasteiger partial charge in [-0.2, -0.15) is 0 Å². The van der Waals surface area contributed by atoms with Crippen LogP contribution in [-0.4, -0.2) is 22.8 Å². The Bertz CT molecular complexity index is 534. The van der Waals surface area contributed by atoms with E-state index in [1.165, 1.54) is 212 Å². The Hall–Kier alpha value is -0.570. The lowest BCUT2D eigenvalue weighted by molar-refractivity contribution is -0.137. The van der Waals surface area contributed by atoms with E-state index in [1.54, 1.807) is 0 Å². The van der Waals surface area contributed by atoms with Crippen molar-refractivity contribution in [2.24, 2.45) is 5.92 Å². The molecule has 0 aliphatic heterocycles. The van der Waals surface area contributed by atoms with E-state index in [1.807, 2.05) is 0 Å². The van der Waals surface area contributed by atoms with Gasteiger partial charge in [-0.05, 0) is 18.8 Å². The lowest BCUT2D eigenvalue weighted by atomic mass is 9.99. The zero-order valence-electron chi connectivity index (χ0n) is 32.3. The van der Waals surface area contributed by atoms with E-state index in [2.05, 4.69) is 20.8 Å². The lowest BCUT2D eigenvalue weighted by Crippen LogP contribution is -1.93. The predicted molar refractivity (Wildman–Crippen MR) is 206 cm³/mol. The lowest BCUT2D eigenvalue weighted by Gasteiger charge is -2.07. The largest absolute Gasteiger partial charge is 0.481 e. The van der Waals surface area contributed by atoms with Crippen LogP contribution in [0.4, 0.5) is 0 Å². The van der Waals surface area contributed by atoms with Gasteiger partial charge in [0.25, 0.3) is 0 Å². The fourth-order valence-electron chi connectivity index (χ4n) is 6.46. The summed E-state index contributed by atoms with van der Waals surface area (Å²) in [5.74, 6) is 0.284. The molecule has 0 spiro atoms. The van der Waals surface area contributed by atoms with Gasteiger partial charge < -0.3 is 10.2 Å². The molecule has 0 aromatic carbocycles. The summed E-state index contributed by atoms with van der Waals surface area (Å²) in [5, 5.41) is 17.2. The molecule has 0 radical (unpaired) electrons. The summed E-state index contributed by atoms with van der Waals surface area (Å²) < 4.78 is 0. The van der Waals surface area contributed by atoms with Gasteiger partial charge in [0.1, 0.15) is 0 Å². The van der Waals surface area contributed by atoms with Crippen molar-refractivity contribution < 1.29 is 15.0 Å². The van der Waals surface area contributed by atoms with Gasteiger partial charge in [0, 0.05) is 13.0 Å². The molecular weight excluding hydrogens is 564 g/mol. The highest BCUT2D eigenvalue weighted by molar-refractivity contribution is 5.66. The molecule has 0 saturated heterocycles. The first-order chi connectivity index (χ1) is 22.6. The van der Waals surface area contributed by atoms with E-state index in [9.17, 15) is 4.79 Å². The van der Waals surface area contributed by atoms with E-state index in [4.69, 9.17) is 10.2 Å². The Morgan fingerprint density at radius 1 is 0.413 bits per heavy atom. The van der Waals surface area contributed by atoms with Crippen molar-refractivity contribution >= 4 is 5.97 Å². The third kappa shape index (κ3) is 47.8. The molecule has 278 valence electrons. The van der Waals surface area contributed by atoms with Crippen LogP contribution < -0.4 is 0 Å². The maximum absolute atomic E-state index is 10.2. The molecule has 1 atom stereocenters. The maximum Gasteiger partial charge on any atom is 0.303 e. The Morgan fingerprint density at radius 3 is 0.935 bits per heavy atom. The van der Waals surface area contributed by atoms with Gasteiger partial charge in [-0.15, -0.1) is 0 Å². The van der Waals surface area contributed by atoms with Crippen LogP contribution in [0.25, 0.3) is 0 Å². The van der Waals surface area contributed by atoms with Gasteiger partial charge in [0.2, 0.25) is 0 Å². The molecule has 0 aliphatic rings. The van der Waals surface area contributed by atoms with Crippen LogP contribution in [0, 0.1) is 5.92 Å². The number of carboxylic acids is 1. The minimum Gasteiger partial charge on any atom is -0.481 e. The minimum absolute atomic E-state index is 0.343. The van der Waals surface area contributed by atoms with E-state index >= 15 is 0 Å². The highest BCUT2D eigenvalue weighted by Crippen LogP contribution is 2.17. The van der Waals surface area contributed by atoms with Crippen LogP contribution in [-0.2, 0) is 4.79 Å². The van der Waals surface area contributed by atoms with E-state index < -0.39 is 5.97 Å². The Morgan fingerprint density at radius 2 is 0.674 bits per heavy atom. The van der Waals surface area contributed by atoms with Gasteiger partial charge in [-0.25, -0.2) is 0 Å². The van der Waals surface area contributed by atoms with Crippen molar-refractivity contribution in [3.63, 3.8) is 0 Å². The molecule has 3 heteroatoms. The van der Waals surface area contributed by atoms with Crippen molar-refractivity contribution in [3.8, 4) is 0 Å². The standard InChI is InChI=1S/C31H64O.C12H24O2/c1-3-31(2)29-27-25-23-21-19-17-15-13-11-9-7-5-4-6-8-10-12-14-16-18-20-22-24-26-28-30-32;1-2-3-4-5-6-7-8-9-10-11-12(13)14/h31-32H,3-30H2,1-2H3;2-11H2,1H3,(H,13,14). The Kier molecular flexibility index (Phi) is 45.9. The quantitative estimate of drug-likeness (QED) is 0.0652. The van der Waals surface area contributed by atoms with Gasteiger partial charge >= 0.3 is 5.97 Å². The summed E-state index contributed by atoms with van der Waals surface area (Å²) in [4.78, 5) is 10.2. The van der Waals surface area contributed by atoms with Crippen LogP contribution in [0.1, 0.15) is 258 Å².